The van der Waals surface area contributed by atoms with Crippen molar-refractivity contribution in [2.24, 2.45) is 0 Å². The lowest BCUT2D eigenvalue weighted by Crippen LogP contribution is -2.27. The number of benzene rings is 3. The third kappa shape index (κ3) is 2.03. The van der Waals surface area contributed by atoms with E-state index in [1.54, 1.807) is 11.1 Å². The molecule has 0 unspecified atom stereocenters. The van der Waals surface area contributed by atoms with E-state index in [-0.39, 0.29) is 5.41 Å². The molecule has 1 nitrogen and oxygen atoms in total. The Kier molecular flexibility index (Phi) is 3.50. The number of halogens is 1. The molecular weight excluding hydrogens is 362 g/mol. The lowest BCUT2D eigenvalue weighted by atomic mass is 9.68. The number of aryl methyl sites for hydroxylation is 1. The van der Waals surface area contributed by atoms with Crippen LogP contribution >= 0.6 is 11.6 Å². The first-order valence-electron chi connectivity index (χ1n) is 10.6. The fourth-order valence-electron chi connectivity index (χ4n) is 6.05. The molecule has 0 N–H and O–H groups in total. The van der Waals surface area contributed by atoms with Gasteiger partial charge in [0.25, 0.3) is 0 Å². The second-order valence-electron chi connectivity index (χ2n) is 8.51. The summed E-state index contributed by atoms with van der Waals surface area (Å²) >= 11 is 6.39. The van der Waals surface area contributed by atoms with Crippen LogP contribution in [0.25, 0.3) is 32.9 Å². The van der Waals surface area contributed by atoms with E-state index < -0.39 is 0 Å². The highest BCUT2D eigenvalue weighted by Gasteiger charge is 2.43. The summed E-state index contributed by atoms with van der Waals surface area (Å²) in [6.45, 7) is 3.20. The summed E-state index contributed by atoms with van der Waals surface area (Å²) in [5.74, 6) is 0. The van der Waals surface area contributed by atoms with Crippen LogP contribution in [-0.4, -0.2) is 4.57 Å². The van der Waals surface area contributed by atoms with Crippen LogP contribution in [0.1, 0.15) is 50.2 Å². The summed E-state index contributed by atoms with van der Waals surface area (Å²) < 4.78 is 2.44. The maximum absolute atomic E-state index is 6.39. The van der Waals surface area contributed by atoms with Gasteiger partial charge in [0.15, 0.2) is 0 Å². The Hall–Kier alpha value is -2.25. The molecule has 28 heavy (non-hydrogen) atoms. The van der Waals surface area contributed by atoms with Crippen LogP contribution in [0.3, 0.4) is 0 Å². The molecule has 6 rings (SSSR count). The van der Waals surface area contributed by atoms with Crippen molar-refractivity contribution in [3.05, 3.63) is 70.7 Å². The van der Waals surface area contributed by atoms with Crippen molar-refractivity contribution in [1.82, 2.24) is 4.57 Å². The van der Waals surface area contributed by atoms with E-state index in [2.05, 4.69) is 60.0 Å². The summed E-state index contributed by atoms with van der Waals surface area (Å²) in [5, 5.41) is 3.46. The van der Waals surface area contributed by atoms with Gasteiger partial charge in [-0.05, 0) is 72.4 Å². The van der Waals surface area contributed by atoms with Gasteiger partial charge in [0, 0.05) is 38.8 Å². The minimum atomic E-state index is 0.206. The zero-order chi connectivity index (χ0) is 18.9. The summed E-state index contributed by atoms with van der Waals surface area (Å²) in [7, 11) is 0. The van der Waals surface area contributed by atoms with Gasteiger partial charge < -0.3 is 4.57 Å². The molecule has 0 aliphatic heterocycles. The first kappa shape index (κ1) is 16.7. The molecule has 3 aromatic carbocycles. The lowest BCUT2D eigenvalue weighted by Gasteiger charge is -2.36. The van der Waals surface area contributed by atoms with Gasteiger partial charge in [0.2, 0.25) is 0 Å². The molecule has 1 saturated carbocycles. The van der Waals surface area contributed by atoms with Gasteiger partial charge in [0.1, 0.15) is 0 Å². The van der Waals surface area contributed by atoms with Crippen molar-refractivity contribution in [2.75, 3.05) is 0 Å². The molecule has 0 bridgehead atoms. The number of fused-ring (bicyclic) bond motifs is 8. The first-order valence-corrected chi connectivity index (χ1v) is 11.0. The second-order valence-corrected chi connectivity index (χ2v) is 8.95. The summed E-state index contributed by atoms with van der Waals surface area (Å²) in [6, 6.07) is 20.5. The van der Waals surface area contributed by atoms with Crippen LogP contribution in [0.5, 0.6) is 0 Å². The average molecular weight is 386 g/mol. The highest BCUT2D eigenvalue weighted by molar-refractivity contribution is 6.32. The number of hydrogen-bond donors (Lipinski definition) is 0. The molecule has 0 saturated heterocycles. The molecule has 1 fully saturated rings. The number of hydrogen-bond acceptors (Lipinski definition) is 0. The van der Waals surface area contributed by atoms with Crippen LogP contribution in [0.2, 0.25) is 5.02 Å². The van der Waals surface area contributed by atoms with E-state index >= 15 is 0 Å². The molecule has 1 spiro atoms. The monoisotopic (exact) mass is 385 g/mol. The predicted octanol–water partition coefficient (Wildman–Crippen LogP) is 7.70. The standard InChI is InChI=1S/C26H24ClN/c1-2-28-24-11-10-17(27)14-20(24)21-15-23-19(16-25(21)28)18-8-4-5-9-22(18)26(23)12-6-3-7-13-26/h4-5,8-11,14-16H,2-3,6-7,12-13H2,1H3. The highest BCUT2D eigenvalue weighted by Crippen LogP contribution is 2.56. The Bertz CT molecular complexity index is 1240. The number of aromatic nitrogens is 1. The normalized spacial score (nSPS) is 17.4. The van der Waals surface area contributed by atoms with Crippen LogP contribution in [0.15, 0.2) is 54.6 Å². The van der Waals surface area contributed by atoms with E-state index in [9.17, 15) is 0 Å². The van der Waals surface area contributed by atoms with Crippen molar-refractivity contribution in [3.63, 3.8) is 0 Å². The van der Waals surface area contributed by atoms with E-state index in [4.69, 9.17) is 11.6 Å². The van der Waals surface area contributed by atoms with E-state index in [1.807, 2.05) is 6.07 Å². The topological polar surface area (TPSA) is 4.93 Å². The molecule has 2 heteroatoms. The average Bonchev–Trinajstić information content (AvgIpc) is 3.18. The summed E-state index contributed by atoms with van der Waals surface area (Å²) in [6.07, 6.45) is 6.57. The fourth-order valence-corrected chi connectivity index (χ4v) is 6.22. The Morgan fingerprint density at radius 3 is 2.43 bits per heavy atom. The number of nitrogens with zero attached hydrogens (tertiary/aromatic N) is 1. The van der Waals surface area contributed by atoms with E-state index in [0.29, 0.717) is 0 Å². The molecule has 1 aromatic heterocycles. The number of rotatable bonds is 1. The van der Waals surface area contributed by atoms with Crippen molar-refractivity contribution in [3.8, 4) is 11.1 Å². The fraction of sp³-hybridized carbons (Fsp3) is 0.308. The minimum Gasteiger partial charge on any atom is -0.341 e. The zero-order valence-electron chi connectivity index (χ0n) is 16.3. The summed E-state index contributed by atoms with van der Waals surface area (Å²) in [4.78, 5) is 0. The molecule has 2 aliphatic carbocycles. The van der Waals surface area contributed by atoms with Crippen molar-refractivity contribution in [1.29, 1.82) is 0 Å². The molecule has 4 aromatic rings. The van der Waals surface area contributed by atoms with Crippen molar-refractivity contribution in [2.45, 2.75) is 51.0 Å². The smallest absolute Gasteiger partial charge is 0.0497 e. The third-order valence-electron chi connectivity index (χ3n) is 7.24. The zero-order valence-corrected chi connectivity index (χ0v) is 17.0. The molecule has 140 valence electrons. The molecule has 0 atom stereocenters. The molecule has 0 radical (unpaired) electrons. The van der Waals surface area contributed by atoms with Crippen LogP contribution in [0.4, 0.5) is 0 Å². The maximum Gasteiger partial charge on any atom is 0.0497 e. The van der Waals surface area contributed by atoms with Gasteiger partial charge in [-0.25, -0.2) is 0 Å². The van der Waals surface area contributed by atoms with Gasteiger partial charge in [-0.1, -0.05) is 55.1 Å². The Labute approximate surface area is 170 Å². The van der Waals surface area contributed by atoms with Gasteiger partial charge in [0.05, 0.1) is 0 Å². The van der Waals surface area contributed by atoms with E-state index in [0.717, 1.165) is 11.6 Å². The Morgan fingerprint density at radius 2 is 1.61 bits per heavy atom. The van der Waals surface area contributed by atoms with Gasteiger partial charge >= 0.3 is 0 Å². The predicted molar refractivity (Wildman–Crippen MR) is 119 cm³/mol. The second kappa shape index (κ2) is 5.87. The lowest BCUT2D eigenvalue weighted by molar-refractivity contribution is 0.353. The minimum absolute atomic E-state index is 0.206. The Balaban J connectivity index is 1.75. The van der Waals surface area contributed by atoms with Crippen LogP contribution in [0, 0.1) is 0 Å². The largest absolute Gasteiger partial charge is 0.341 e. The molecular formula is C26H24ClN. The van der Waals surface area contributed by atoms with Gasteiger partial charge in [-0.15, -0.1) is 0 Å². The van der Waals surface area contributed by atoms with Crippen LogP contribution < -0.4 is 0 Å². The summed E-state index contributed by atoms with van der Waals surface area (Å²) in [5.41, 5.74) is 8.84. The highest BCUT2D eigenvalue weighted by atomic mass is 35.5. The molecule has 1 heterocycles. The first-order chi connectivity index (χ1) is 13.7. The maximum atomic E-state index is 6.39. The Morgan fingerprint density at radius 1 is 0.821 bits per heavy atom. The molecule has 0 amide bonds. The quantitative estimate of drug-likeness (QED) is 0.316. The molecule has 2 aliphatic rings. The third-order valence-corrected chi connectivity index (χ3v) is 7.47. The van der Waals surface area contributed by atoms with Gasteiger partial charge in [-0.2, -0.15) is 0 Å². The van der Waals surface area contributed by atoms with E-state index in [1.165, 1.54) is 65.0 Å². The van der Waals surface area contributed by atoms with Crippen molar-refractivity contribution >= 4 is 33.4 Å². The SMILES string of the molecule is CCn1c2ccc(Cl)cc2c2cc3c(cc21)-c1ccccc1C31CCCCC1. The van der Waals surface area contributed by atoms with Crippen molar-refractivity contribution < 1.29 is 0 Å². The van der Waals surface area contributed by atoms with Gasteiger partial charge in [-0.3, -0.25) is 0 Å². The van der Waals surface area contributed by atoms with Crippen LogP contribution in [-0.2, 0) is 12.0 Å².